The summed E-state index contributed by atoms with van der Waals surface area (Å²) in [4.78, 5) is 31.0. The van der Waals surface area contributed by atoms with Gasteiger partial charge < -0.3 is 25.4 Å². The molecule has 7 nitrogen and oxygen atoms in total. The smallest absolute Gasteiger partial charge is 0.400 e. The molecular formula is C36H39F3N4O3S. The molecule has 0 unspecified atom stereocenters. The highest BCUT2D eigenvalue weighted by Crippen LogP contribution is 2.34. The van der Waals surface area contributed by atoms with Crippen molar-refractivity contribution in [2.24, 2.45) is 0 Å². The zero-order valence-electron chi connectivity index (χ0n) is 26.2. The molecule has 1 aromatic heterocycles. The first-order chi connectivity index (χ1) is 22.8. The summed E-state index contributed by atoms with van der Waals surface area (Å²) in [6.07, 6.45) is 2.08. The number of carbonyl (C=O) groups excluding carboxylic acids is 2. The summed E-state index contributed by atoms with van der Waals surface area (Å²) in [7, 11) is 1.00. The van der Waals surface area contributed by atoms with E-state index in [1.165, 1.54) is 12.5 Å². The average Bonchev–Trinajstić information content (AvgIpc) is 3.10. The van der Waals surface area contributed by atoms with Crippen molar-refractivity contribution in [1.82, 2.24) is 4.98 Å². The third-order valence-electron chi connectivity index (χ3n) is 7.60. The fraction of sp³-hybridized carbons (Fsp3) is 0.306. The van der Waals surface area contributed by atoms with Crippen LogP contribution < -0.4 is 15.5 Å². The molecule has 0 aliphatic carbocycles. The van der Waals surface area contributed by atoms with E-state index in [4.69, 9.17) is 5.11 Å². The fourth-order valence-corrected chi connectivity index (χ4v) is 6.09. The molecule has 3 aromatic carbocycles. The Balaban J connectivity index is 0.00000245. The predicted molar refractivity (Wildman–Crippen MR) is 184 cm³/mol. The summed E-state index contributed by atoms with van der Waals surface area (Å²) >= 11 is 1.64. The second-order valence-electron chi connectivity index (χ2n) is 10.9. The van der Waals surface area contributed by atoms with Crippen molar-refractivity contribution in [3.05, 3.63) is 107 Å². The first-order valence-corrected chi connectivity index (χ1v) is 16.6. The van der Waals surface area contributed by atoms with Gasteiger partial charge in [0.1, 0.15) is 6.29 Å². The van der Waals surface area contributed by atoms with Crippen molar-refractivity contribution in [2.45, 2.75) is 44.2 Å². The molecule has 1 fully saturated rings. The van der Waals surface area contributed by atoms with Gasteiger partial charge in [-0.15, -0.1) is 0 Å². The summed E-state index contributed by atoms with van der Waals surface area (Å²) in [6, 6.07) is 22.3. The molecule has 0 spiro atoms. The minimum atomic E-state index is -4.41. The summed E-state index contributed by atoms with van der Waals surface area (Å²) in [6.45, 7) is 2.11. The molecule has 2 heterocycles. The van der Waals surface area contributed by atoms with E-state index in [0.717, 1.165) is 74.0 Å². The number of piperidine rings is 1. The summed E-state index contributed by atoms with van der Waals surface area (Å²) < 4.78 is 39.6. The van der Waals surface area contributed by atoms with Gasteiger partial charge in [-0.1, -0.05) is 24.3 Å². The van der Waals surface area contributed by atoms with E-state index in [0.29, 0.717) is 40.4 Å². The van der Waals surface area contributed by atoms with Gasteiger partial charge in [0.25, 0.3) is 5.91 Å². The Labute approximate surface area is 277 Å². The van der Waals surface area contributed by atoms with Crippen molar-refractivity contribution < 1.29 is 27.9 Å². The number of aromatic nitrogens is 1. The number of halogens is 3. The van der Waals surface area contributed by atoms with Crippen LogP contribution in [0.25, 0.3) is 11.3 Å². The largest absolute Gasteiger partial charge is 0.416 e. The van der Waals surface area contributed by atoms with Gasteiger partial charge in [0.15, 0.2) is 0 Å². The SMILES string of the molecule is CO.O=CCCSCc1cccc(C(=O)Nc2ccc(N3CCCCC3)cc2-c2cc(NCc3cccc(C(F)(F)F)c3)ccn2)c1. The van der Waals surface area contributed by atoms with Gasteiger partial charge in [-0.3, -0.25) is 9.78 Å². The molecule has 0 atom stereocenters. The van der Waals surface area contributed by atoms with Crippen LogP contribution in [-0.4, -0.2) is 48.2 Å². The lowest BCUT2D eigenvalue weighted by molar-refractivity contribution is -0.137. The number of amides is 1. The maximum absolute atomic E-state index is 13.4. The highest BCUT2D eigenvalue weighted by molar-refractivity contribution is 7.98. The van der Waals surface area contributed by atoms with E-state index in [1.54, 1.807) is 36.2 Å². The van der Waals surface area contributed by atoms with Crippen LogP contribution in [0, 0.1) is 0 Å². The highest BCUT2D eigenvalue weighted by atomic mass is 32.2. The van der Waals surface area contributed by atoms with E-state index < -0.39 is 11.7 Å². The number of rotatable bonds is 12. The molecule has 248 valence electrons. The Bertz CT molecular complexity index is 1630. The number of nitrogens with zero attached hydrogens (tertiary/aromatic N) is 2. The summed E-state index contributed by atoms with van der Waals surface area (Å²) in [5.74, 6) is 1.18. The van der Waals surface area contributed by atoms with Crippen LogP contribution in [0.5, 0.6) is 0 Å². The fourth-order valence-electron chi connectivity index (χ4n) is 5.27. The normalized spacial score (nSPS) is 12.9. The Morgan fingerprint density at radius 1 is 0.957 bits per heavy atom. The van der Waals surface area contributed by atoms with Crippen LogP contribution in [0.15, 0.2) is 85.1 Å². The third-order valence-corrected chi connectivity index (χ3v) is 8.66. The number of benzene rings is 3. The Kier molecular flexibility index (Phi) is 13.2. The molecule has 0 bridgehead atoms. The quantitative estimate of drug-likeness (QED) is 0.104. The molecule has 0 saturated carbocycles. The lowest BCUT2D eigenvalue weighted by Gasteiger charge is -2.29. The lowest BCUT2D eigenvalue weighted by Crippen LogP contribution is -2.29. The number of hydrogen-bond acceptors (Lipinski definition) is 7. The molecule has 1 saturated heterocycles. The molecule has 5 rings (SSSR count). The van der Waals surface area contributed by atoms with E-state index in [-0.39, 0.29) is 12.5 Å². The van der Waals surface area contributed by atoms with Crippen LogP contribution >= 0.6 is 11.8 Å². The molecule has 4 aromatic rings. The van der Waals surface area contributed by atoms with Crippen molar-refractivity contribution in [2.75, 3.05) is 41.5 Å². The average molecular weight is 665 g/mol. The number of carbonyl (C=O) groups is 2. The van der Waals surface area contributed by atoms with Crippen LogP contribution in [-0.2, 0) is 23.3 Å². The van der Waals surface area contributed by atoms with Gasteiger partial charge >= 0.3 is 6.18 Å². The molecule has 0 radical (unpaired) electrons. The Morgan fingerprint density at radius 2 is 1.72 bits per heavy atom. The topological polar surface area (TPSA) is 94.6 Å². The van der Waals surface area contributed by atoms with Gasteiger partial charge in [0, 0.05) is 73.4 Å². The van der Waals surface area contributed by atoms with Crippen molar-refractivity contribution in [3.8, 4) is 11.3 Å². The van der Waals surface area contributed by atoms with Gasteiger partial charge in [0.2, 0.25) is 0 Å². The number of aliphatic hydroxyl groups is 1. The van der Waals surface area contributed by atoms with Crippen LogP contribution in [0.4, 0.5) is 30.2 Å². The number of pyridine rings is 1. The first-order valence-electron chi connectivity index (χ1n) is 15.4. The number of nitrogens with one attached hydrogen (secondary N) is 2. The molecule has 1 aliphatic heterocycles. The molecule has 1 amide bonds. The van der Waals surface area contributed by atoms with E-state index in [2.05, 4.69) is 20.5 Å². The zero-order valence-corrected chi connectivity index (χ0v) is 27.0. The number of alkyl halides is 3. The van der Waals surface area contributed by atoms with Gasteiger partial charge in [-0.05, 0) is 85.0 Å². The molecule has 11 heteroatoms. The van der Waals surface area contributed by atoms with Crippen LogP contribution in [0.2, 0.25) is 0 Å². The Hall–Kier alpha value is -4.35. The lowest BCUT2D eigenvalue weighted by atomic mass is 10.0. The summed E-state index contributed by atoms with van der Waals surface area (Å²) in [5, 5.41) is 13.3. The maximum atomic E-state index is 13.4. The first kappa shape index (κ1) is 35.5. The predicted octanol–water partition coefficient (Wildman–Crippen LogP) is 8.05. The number of hydrogen-bond donors (Lipinski definition) is 3. The minimum absolute atomic E-state index is 0.203. The van der Waals surface area contributed by atoms with Gasteiger partial charge in [-0.25, -0.2) is 0 Å². The number of aliphatic hydroxyl groups excluding tert-OH is 1. The second kappa shape index (κ2) is 17.5. The van der Waals surface area contributed by atoms with Crippen molar-refractivity contribution in [1.29, 1.82) is 0 Å². The summed E-state index contributed by atoms with van der Waals surface area (Å²) in [5.41, 5.74) is 5.06. The molecule has 1 aliphatic rings. The van der Waals surface area contributed by atoms with E-state index in [9.17, 15) is 22.8 Å². The number of thioether (sulfide) groups is 1. The number of aldehydes is 1. The van der Waals surface area contributed by atoms with Crippen molar-refractivity contribution in [3.63, 3.8) is 0 Å². The van der Waals surface area contributed by atoms with Gasteiger partial charge in [-0.2, -0.15) is 24.9 Å². The zero-order chi connectivity index (χ0) is 33.6. The van der Waals surface area contributed by atoms with Crippen molar-refractivity contribution >= 4 is 41.0 Å². The molecule has 47 heavy (non-hydrogen) atoms. The van der Waals surface area contributed by atoms with Crippen LogP contribution in [0.1, 0.15) is 52.7 Å². The van der Waals surface area contributed by atoms with Gasteiger partial charge in [0.05, 0.1) is 16.9 Å². The molecule has 3 N–H and O–H groups in total. The van der Waals surface area contributed by atoms with Crippen LogP contribution in [0.3, 0.4) is 0 Å². The number of anilines is 3. The molecular weight excluding hydrogens is 625 g/mol. The maximum Gasteiger partial charge on any atom is 0.416 e. The highest BCUT2D eigenvalue weighted by Gasteiger charge is 2.30. The minimum Gasteiger partial charge on any atom is -0.400 e. The second-order valence-corrected chi connectivity index (χ2v) is 12.0. The standard InChI is InChI=1S/C35H35F3N4O2S.CH4O/c36-35(37,38)28-10-5-7-25(20-28)23-40-29-13-14-39-33(21-29)31-22-30(42-15-2-1-3-16-42)11-12-32(31)41-34(44)27-9-4-8-26(19-27)24-45-18-6-17-43;1-2/h4-5,7-14,17,19-22H,1-3,6,15-16,18,23-24H2,(H,39,40)(H,41,44);2H,1H3. The van der Waals surface area contributed by atoms with E-state index in [1.807, 2.05) is 42.5 Å². The van der Waals surface area contributed by atoms with E-state index >= 15 is 0 Å². The third kappa shape index (κ3) is 10.3. The monoisotopic (exact) mass is 664 g/mol. The Morgan fingerprint density at radius 3 is 2.49 bits per heavy atom.